The molecule has 2 heterocycles. The van der Waals surface area contributed by atoms with Gasteiger partial charge in [0, 0.05) is 24.9 Å². The maximum absolute atomic E-state index is 12.5. The Morgan fingerprint density at radius 2 is 2.08 bits per heavy atom. The lowest BCUT2D eigenvalue weighted by molar-refractivity contribution is -0.137. The van der Waals surface area contributed by atoms with Crippen LogP contribution in [0.3, 0.4) is 0 Å². The number of amides is 1. The molecule has 6 nitrogen and oxygen atoms in total. The topological polar surface area (TPSA) is 83.7 Å². The molecule has 140 valence electrons. The minimum Gasteiger partial charge on any atom is -0.481 e. The summed E-state index contributed by atoms with van der Waals surface area (Å²) in [5, 5.41) is 12.1. The average Bonchev–Trinajstić information content (AvgIpc) is 3.02. The summed E-state index contributed by atoms with van der Waals surface area (Å²) in [6, 6.07) is 5.67. The fraction of sp³-hybridized carbons (Fsp3) is 0.550. The van der Waals surface area contributed by atoms with E-state index in [0.717, 1.165) is 17.8 Å². The van der Waals surface area contributed by atoms with E-state index in [4.69, 9.17) is 5.11 Å². The molecular weight excluding hydrogens is 330 g/mol. The van der Waals surface area contributed by atoms with Gasteiger partial charge >= 0.3 is 5.97 Å². The molecule has 0 saturated heterocycles. The second kappa shape index (κ2) is 8.83. The van der Waals surface area contributed by atoms with Crippen LogP contribution in [0.25, 0.3) is 5.65 Å². The summed E-state index contributed by atoms with van der Waals surface area (Å²) < 4.78 is 1.90. The smallest absolute Gasteiger partial charge is 0.303 e. The molecule has 0 radical (unpaired) electrons. The highest BCUT2D eigenvalue weighted by Crippen LogP contribution is 2.28. The number of aromatic nitrogens is 2. The zero-order chi connectivity index (χ0) is 18.4. The van der Waals surface area contributed by atoms with E-state index in [-0.39, 0.29) is 24.8 Å². The van der Waals surface area contributed by atoms with Gasteiger partial charge in [0.05, 0.1) is 12.1 Å². The number of pyridine rings is 1. The maximum atomic E-state index is 12.5. The molecule has 1 atom stereocenters. The molecule has 0 aliphatic heterocycles. The van der Waals surface area contributed by atoms with Gasteiger partial charge in [-0.2, -0.15) is 0 Å². The number of carbonyl (C=O) groups is 2. The molecule has 1 aliphatic rings. The number of hydrogen-bond acceptors (Lipinski definition) is 3. The summed E-state index contributed by atoms with van der Waals surface area (Å²) in [6.07, 6.45) is 11.6. The van der Waals surface area contributed by atoms with Gasteiger partial charge in [-0.25, -0.2) is 4.98 Å². The van der Waals surface area contributed by atoms with Gasteiger partial charge in [-0.1, -0.05) is 38.2 Å². The largest absolute Gasteiger partial charge is 0.481 e. The van der Waals surface area contributed by atoms with Crippen molar-refractivity contribution in [3.63, 3.8) is 0 Å². The molecule has 0 bridgehead atoms. The molecule has 1 saturated carbocycles. The van der Waals surface area contributed by atoms with Crippen LogP contribution in [0.2, 0.25) is 0 Å². The summed E-state index contributed by atoms with van der Waals surface area (Å²) in [6.45, 7) is 0. The van der Waals surface area contributed by atoms with Gasteiger partial charge in [0.25, 0.3) is 0 Å². The Hall–Kier alpha value is -2.37. The lowest BCUT2D eigenvalue weighted by Crippen LogP contribution is -2.38. The van der Waals surface area contributed by atoms with E-state index in [1.807, 2.05) is 35.0 Å². The predicted octanol–water partition coefficient (Wildman–Crippen LogP) is 3.20. The van der Waals surface area contributed by atoms with Gasteiger partial charge < -0.3 is 14.8 Å². The standard InChI is InChI=1S/C20H27N3O3/c24-19(13-17-14-23-11-5-4-8-18(23)21-17)22-16(9-10-20(25)26)12-15-6-2-1-3-7-15/h4-5,8,11,14-16H,1-3,6-7,9-10,12-13H2,(H,22,24)(H,25,26). The van der Waals surface area contributed by atoms with E-state index in [1.165, 1.54) is 32.1 Å². The predicted molar refractivity (Wildman–Crippen MR) is 98.9 cm³/mol. The first-order chi connectivity index (χ1) is 12.6. The molecule has 0 aromatic carbocycles. The van der Waals surface area contributed by atoms with Gasteiger partial charge in [-0.15, -0.1) is 0 Å². The number of imidazole rings is 1. The summed E-state index contributed by atoms with van der Waals surface area (Å²) >= 11 is 0. The number of carboxylic acid groups (broad SMARTS) is 1. The van der Waals surface area contributed by atoms with Crippen molar-refractivity contribution in [1.82, 2.24) is 14.7 Å². The average molecular weight is 357 g/mol. The van der Waals surface area contributed by atoms with E-state index >= 15 is 0 Å². The summed E-state index contributed by atoms with van der Waals surface area (Å²) in [4.78, 5) is 27.9. The SMILES string of the molecule is O=C(O)CCC(CC1CCCCC1)NC(=O)Cc1cn2ccccc2n1. The number of nitrogens with zero attached hydrogens (tertiary/aromatic N) is 2. The Balaban J connectivity index is 1.58. The first-order valence-corrected chi connectivity index (χ1v) is 9.54. The van der Waals surface area contributed by atoms with Crippen LogP contribution in [-0.2, 0) is 16.0 Å². The zero-order valence-electron chi connectivity index (χ0n) is 15.1. The first kappa shape index (κ1) is 18.4. The highest BCUT2D eigenvalue weighted by molar-refractivity contribution is 5.78. The molecule has 1 unspecified atom stereocenters. The van der Waals surface area contributed by atoms with E-state index < -0.39 is 5.97 Å². The zero-order valence-corrected chi connectivity index (χ0v) is 15.1. The minimum absolute atomic E-state index is 0.0706. The molecule has 6 heteroatoms. The third-order valence-corrected chi connectivity index (χ3v) is 5.17. The quantitative estimate of drug-likeness (QED) is 0.760. The molecule has 2 aromatic heterocycles. The van der Waals surface area contributed by atoms with Crippen molar-refractivity contribution >= 4 is 17.5 Å². The van der Waals surface area contributed by atoms with E-state index in [0.29, 0.717) is 12.3 Å². The normalized spacial score (nSPS) is 16.5. The van der Waals surface area contributed by atoms with Crippen molar-refractivity contribution in [2.45, 2.75) is 63.8 Å². The Labute approximate surface area is 153 Å². The van der Waals surface area contributed by atoms with E-state index in [2.05, 4.69) is 10.3 Å². The van der Waals surface area contributed by atoms with E-state index in [9.17, 15) is 9.59 Å². The monoisotopic (exact) mass is 357 g/mol. The molecule has 1 aliphatic carbocycles. The van der Waals surface area contributed by atoms with Crippen molar-refractivity contribution in [3.8, 4) is 0 Å². The van der Waals surface area contributed by atoms with Gasteiger partial charge in [-0.3, -0.25) is 9.59 Å². The van der Waals surface area contributed by atoms with Crippen molar-refractivity contribution < 1.29 is 14.7 Å². The Morgan fingerprint density at radius 3 is 2.81 bits per heavy atom. The summed E-state index contributed by atoms with van der Waals surface area (Å²) in [5.74, 6) is -0.300. The number of rotatable bonds is 8. The first-order valence-electron chi connectivity index (χ1n) is 9.54. The number of carbonyl (C=O) groups excluding carboxylic acids is 1. The molecule has 3 rings (SSSR count). The second-order valence-electron chi connectivity index (χ2n) is 7.31. The van der Waals surface area contributed by atoms with Crippen LogP contribution < -0.4 is 5.32 Å². The molecule has 1 fully saturated rings. The van der Waals surface area contributed by atoms with Crippen LogP contribution in [0.1, 0.15) is 57.1 Å². The number of nitrogens with one attached hydrogen (secondary N) is 1. The number of fused-ring (bicyclic) bond motifs is 1. The Bertz CT molecular complexity index is 717. The number of carboxylic acids is 1. The molecule has 26 heavy (non-hydrogen) atoms. The third kappa shape index (κ3) is 5.31. The number of aliphatic carboxylic acids is 1. The highest BCUT2D eigenvalue weighted by Gasteiger charge is 2.21. The summed E-state index contributed by atoms with van der Waals surface area (Å²) in [7, 11) is 0. The number of hydrogen-bond donors (Lipinski definition) is 2. The highest BCUT2D eigenvalue weighted by atomic mass is 16.4. The van der Waals surface area contributed by atoms with Crippen molar-refractivity contribution in [2.24, 2.45) is 5.92 Å². The van der Waals surface area contributed by atoms with Crippen LogP contribution in [0.5, 0.6) is 0 Å². The van der Waals surface area contributed by atoms with Crippen LogP contribution in [0.15, 0.2) is 30.6 Å². The lowest BCUT2D eigenvalue weighted by Gasteiger charge is -2.27. The fourth-order valence-corrected chi connectivity index (χ4v) is 3.89. The maximum Gasteiger partial charge on any atom is 0.303 e. The van der Waals surface area contributed by atoms with Gasteiger partial charge in [-0.05, 0) is 30.9 Å². The minimum atomic E-state index is -0.812. The van der Waals surface area contributed by atoms with Crippen LogP contribution in [0, 0.1) is 5.92 Å². The van der Waals surface area contributed by atoms with Crippen molar-refractivity contribution in [2.75, 3.05) is 0 Å². The van der Waals surface area contributed by atoms with Crippen LogP contribution >= 0.6 is 0 Å². The van der Waals surface area contributed by atoms with Gasteiger partial charge in [0.2, 0.25) is 5.91 Å². The third-order valence-electron chi connectivity index (χ3n) is 5.17. The second-order valence-corrected chi connectivity index (χ2v) is 7.31. The van der Waals surface area contributed by atoms with Crippen molar-refractivity contribution in [1.29, 1.82) is 0 Å². The fourth-order valence-electron chi connectivity index (χ4n) is 3.89. The van der Waals surface area contributed by atoms with Gasteiger partial charge in [0.15, 0.2) is 0 Å². The molecular formula is C20H27N3O3. The van der Waals surface area contributed by atoms with Crippen LogP contribution in [0.4, 0.5) is 0 Å². The lowest BCUT2D eigenvalue weighted by atomic mass is 9.84. The van der Waals surface area contributed by atoms with E-state index in [1.54, 1.807) is 0 Å². The van der Waals surface area contributed by atoms with Crippen LogP contribution in [-0.4, -0.2) is 32.4 Å². The molecule has 2 aromatic rings. The van der Waals surface area contributed by atoms with Crippen molar-refractivity contribution in [3.05, 3.63) is 36.3 Å². The van der Waals surface area contributed by atoms with Gasteiger partial charge in [0.1, 0.15) is 5.65 Å². The summed E-state index contributed by atoms with van der Waals surface area (Å²) in [5.41, 5.74) is 1.54. The molecule has 2 N–H and O–H groups in total. The molecule has 0 spiro atoms. The Morgan fingerprint density at radius 1 is 1.27 bits per heavy atom. The Kier molecular flexibility index (Phi) is 6.26. The molecule has 1 amide bonds.